The first-order valence-electron chi connectivity index (χ1n) is 4.95. The summed E-state index contributed by atoms with van der Waals surface area (Å²) in [5, 5.41) is 9.01. The van der Waals surface area contributed by atoms with Crippen LogP contribution in [0.25, 0.3) is 0 Å². The van der Waals surface area contributed by atoms with Gasteiger partial charge in [0.2, 0.25) is 0 Å². The number of aryl methyl sites for hydroxylation is 1. The minimum Gasteiger partial charge on any atom is -0.481 e. The van der Waals surface area contributed by atoms with Crippen LogP contribution in [0, 0.1) is 18.8 Å². The molecule has 1 aromatic rings. The van der Waals surface area contributed by atoms with Crippen LogP contribution in [0.3, 0.4) is 0 Å². The summed E-state index contributed by atoms with van der Waals surface area (Å²) in [6, 6.07) is 3.74. The van der Waals surface area contributed by atoms with Crippen molar-refractivity contribution in [1.29, 1.82) is 0 Å². The average molecular weight is 194 g/mol. The van der Waals surface area contributed by atoms with Crippen molar-refractivity contribution in [1.82, 2.24) is 0 Å². The van der Waals surface area contributed by atoms with E-state index in [1.807, 2.05) is 19.1 Å². The van der Waals surface area contributed by atoms with E-state index in [1.165, 1.54) is 0 Å². The Balaban J connectivity index is 2.03. The zero-order valence-corrected chi connectivity index (χ0v) is 8.19. The molecule has 14 heavy (non-hydrogen) atoms. The van der Waals surface area contributed by atoms with Gasteiger partial charge in [0.1, 0.15) is 11.5 Å². The van der Waals surface area contributed by atoms with E-state index in [4.69, 9.17) is 9.52 Å². The summed E-state index contributed by atoms with van der Waals surface area (Å²) in [4.78, 5) is 11.0. The quantitative estimate of drug-likeness (QED) is 0.799. The van der Waals surface area contributed by atoms with Crippen molar-refractivity contribution >= 4 is 5.97 Å². The van der Waals surface area contributed by atoms with Crippen LogP contribution in [0.4, 0.5) is 0 Å². The largest absolute Gasteiger partial charge is 0.481 e. The van der Waals surface area contributed by atoms with Crippen molar-refractivity contribution in [2.75, 3.05) is 0 Å². The molecule has 1 unspecified atom stereocenters. The molecule has 76 valence electrons. The lowest BCUT2D eigenvalue weighted by Crippen LogP contribution is -2.18. The Morgan fingerprint density at radius 2 is 2.36 bits per heavy atom. The molecule has 1 aromatic heterocycles. The zero-order chi connectivity index (χ0) is 10.1. The molecular formula is C11H14O3. The van der Waals surface area contributed by atoms with Crippen LogP contribution < -0.4 is 0 Å². The van der Waals surface area contributed by atoms with Crippen molar-refractivity contribution in [3.8, 4) is 0 Å². The number of aliphatic carboxylic acids is 1. The lowest BCUT2D eigenvalue weighted by atomic mass is 9.99. The van der Waals surface area contributed by atoms with Gasteiger partial charge in [-0.05, 0) is 37.8 Å². The van der Waals surface area contributed by atoms with Crippen molar-refractivity contribution in [3.63, 3.8) is 0 Å². The molecule has 2 rings (SSSR count). The molecule has 3 heteroatoms. The second-order valence-electron chi connectivity index (χ2n) is 4.00. The Bertz CT molecular complexity index is 336. The van der Waals surface area contributed by atoms with Gasteiger partial charge in [0, 0.05) is 6.42 Å². The van der Waals surface area contributed by atoms with Crippen molar-refractivity contribution < 1.29 is 14.3 Å². The highest BCUT2D eigenvalue weighted by Crippen LogP contribution is 2.38. The highest BCUT2D eigenvalue weighted by molar-refractivity contribution is 5.71. The first-order valence-corrected chi connectivity index (χ1v) is 4.95. The van der Waals surface area contributed by atoms with Gasteiger partial charge in [-0.1, -0.05) is 0 Å². The molecule has 1 heterocycles. The van der Waals surface area contributed by atoms with Crippen molar-refractivity contribution in [2.24, 2.45) is 11.8 Å². The minimum absolute atomic E-state index is 0.249. The summed E-state index contributed by atoms with van der Waals surface area (Å²) in [5.41, 5.74) is 0. The second kappa shape index (κ2) is 3.48. The van der Waals surface area contributed by atoms with E-state index in [0.29, 0.717) is 12.3 Å². The molecule has 0 aromatic carbocycles. The first kappa shape index (κ1) is 9.31. The molecule has 0 saturated heterocycles. The lowest BCUT2D eigenvalue weighted by molar-refractivity contribution is -0.142. The molecular weight excluding hydrogens is 180 g/mol. The van der Waals surface area contributed by atoms with E-state index in [0.717, 1.165) is 24.4 Å². The number of furan rings is 1. The van der Waals surface area contributed by atoms with Crippen LogP contribution in [0.15, 0.2) is 16.5 Å². The molecule has 1 atom stereocenters. The summed E-state index contributed by atoms with van der Waals surface area (Å²) in [6.07, 6.45) is 2.64. The molecule has 0 bridgehead atoms. The number of carbonyl (C=O) groups is 1. The van der Waals surface area contributed by atoms with E-state index < -0.39 is 5.97 Å². The lowest BCUT2D eigenvalue weighted by Gasteiger charge is -2.08. The summed E-state index contributed by atoms with van der Waals surface area (Å²) in [5.74, 6) is 1.07. The van der Waals surface area contributed by atoms with Gasteiger partial charge in [0.15, 0.2) is 0 Å². The van der Waals surface area contributed by atoms with Gasteiger partial charge < -0.3 is 9.52 Å². The van der Waals surface area contributed by atoms with Crippen LogP contribution in [-0.2, 0) is 11.2 Å². The maximum absolute atomic E-state index is 11.0. The van der Waals surface area contributed by atoms with Gasteiger partial charge in [-0.3, -0.25) is 4.79 Å². The van der Waals surface area contributed by atoms with Crippen LogP contribution in [0.1, 0.15) is 24.4 Å². The van der Waals surface area contributed by atoms with Crippen LogP contribution in [0.2, 0.25) is 0 Å². The number of hydrogen-bond acceptors (Lipinski definition) is 2. The molecule has 1 saturated carbocycles. The summed E-state index contributed by atoms with van der Waals surface area (Å²) < 4.78 is 5.38. The Kier molecular flexibility index (Phi) is 2.32. The number of rotatable bonds is 4. The SMILES string of the molecule is Cc1ccc(CC(C(=O)O)C2CC2)o1. The fourth-order valence-electron chi connectivity index (χ4n) is 1.77. The minimum atomic E-state index is -0.693. The third-order valence-electron chi connectivity index (χ3n) is 2.73. The van der Waals surface area contributed by atoms with Crippen LogP contribution >= 0.6 is 0 Å². The van der Waals surface area contributed by atoms with E-state index in [1.54, 1.807) is 0 Å². The third kappa shape index (κ3) is 1.97. The molecule has 0 radical (unpaired) electrons. The molecule has 0 spiro atoms. The highest BCUT2D eigenvalue weighted by Gasteiger charge is 2.36. The molecule has 1 fully saturated rings. The summed E-state index contributed by atoms with van der Waals surface area (Å²) in [6.45, 7) is 1.87. The topological polar surface area (TPSA) is 50.4 Å². The van der Waals surface area contributed by atoms with Gasteiger partial charge in [-0.15, -0.1) is 0 Å². The van der Waals surface area contributed by atoms with Gasteiger partial charge in [0.25, 0.3) is 0 Å². The smallest absolute Gasteiger partial charge is 0.307 e. The van der Waals surface area contributed by atoms with E-state index in [2.05, 4.69) is 0 Å². The Labute approximate surface area is 82.7 Å². The first-order chi connectivity index (χ1) is 6.66. The fraction of sp³-hybridized carbons (Fsp3) is 0.545. The maximum Gasteiger partial charge on any atom is 0.307 e. The van der Waals surface area contributed by atoms with Crippen molar-refractivity contribution in [2.45, 2.75) is 26.2 Å². The molecule has 1 aliphatic rings. The summed E-state index contributed by atoms with van der Waals surface area (Å²) in [7, 11) is 0. The number of carboxylic acid groups (broad SMARTS) is 1. The van der Waals surface area contributed by atoms with E-state index >= 15 is 0 Å². The predicted molar refractivity (Wildman–Crippen MR) is 51.0 cm³/mol. The van der Waals surface area contributed by atoms with Gasteiger partial charge in [-0.2, -0.15) is 0 Å². The standard InChI is InChI=1S/C11H14O3/c1-7-2-5-9(14-7)6-10(11(12)13)8-3-4-8/h2,5,8,10H,3-4,6H2,1H3,(H,12,13). The van der Waals surface area contributed by atoms with Gasteiger partial charge in [0.05, 0.1) is 5.92 Å². The Hall–Kier alpha value is -1.25. The van der Waals surface area contributed by atoms with Crippen LogP contribution in [0.5, 0.6) is 0 Å². The maximum atomic E-state index is 11.0. The molecule has 1 aliphatic carbocycles. The predicted octanol–water partition coefficient (Wildman–Crippen LogP) is 2.24. The molecule has 1 N–H and O–H groups in total. The number of carboxylic acids is 1. The monoisotopic (exact) mass is 194 g/mol. The van der Waals surface area contributed by atoms with Gasteiger partial charge in [-0.25, -0.2) is 0 Å². The average Bonchev–Trinajstić information content (AvgIpc) is 2.86. The van der Waals surface area contributed by atoms with E-state index in [9.17, 15) is 4.79 Å². The van der Waals surface area contributed by atoms with Crippen LogP contribution in [-0.4, -0.2) is 11.1 Å². The third-order valence-corrected chi connectivity index (χ3v) is 2.73. The van der Waals surface area contributed by atoms with Crippen molar-refractivity contribution in [3.05, 3.63) is 23.7 Å². The van der Waals surface area contributed by atoms with E-state index in [-0.39, 0.29) is 5.92 Å². The normalized spacial score (nSPS) is 18.1. The molecule has 3 nitrogen and oxygen atoms in total. The zero-order valence-electron chi connectivity index (χ0n) is 8.19. The molecule has 0 amide bonds. The van der Waals surface area contributed by atoms with Gasteiger partial charge >= 0.3 is 5.97 Å². The Morgan fingerprint density at radius 3 is 2.79 bits per heavy atom. The Morgan fingerprint density at radius 1 is 1.64 bits per heavy atom. The second-order valence-corrected chi connectivity index (χ2v) is 4.00. The summed E-state index contributed by atoms with van der Waals surface area (Å²) >= 11 is 0. The molecule has 0 aliphatic heterocycles. The fourth-order valence-corrected chi connectivity index (χ4v) is 1.77. The number of hydrogen-bond donors (Lipinski definition) is 1. The highest BCUT2D eigenvalue weighted by atomic mass is 16.4.